The van der Waals surface area contributed by atoms with E-state index in [2.05, 4.69) is 35.2 Å². The number of nitrogens with one attached hydrogen (secondary N) is 1. The summed E-state index contributed by atoms with van der Waals surface area (Å²) < 4.78 is 12.7. The molecule has 2 heterocycles. The van der Waals surface area contributed by atoms with Crippen molar-refractivity contribution in [2.75, 3.05) is 13.7 Å². The first-order chi connectivity index (χ1) is 14.8. The Morgan fingerprint density at radius 2 is 2.00 bits per heavy atom. The molecular weight excluding hydrogens is 392 g/mol. The molecule has 0 aliphatic carbocycles. The van der Waals surface area contributed by atoms with E-state index in [0.717, 1.165) is 22.5 Å². The first-order valence-electron chi connectivity index (χ1n) is 10.6. The summed E-state index contributed by atoms with van der Waals surface area (Å²) in [6, 6.07) is 10.1. The third-order valence-electron chi connectivity index (χ3n) is 5.23. The molecule has 0 saturated carbocycles. The van der Waals surface area contributed by atoms with Gasteiger partial charge in [-0.2, -0.15) is 0 Å². The second-order valence-electron chi connectivity index (χ2n) is 8.46. The standard InChI is InChI=1S/C24H32N4O3/c1-7-31-13-17-9-8-10-18(11-17)24(4,5)27-23(29)21-22-26-19(14-30-6)12-20(16(2)3)28(22)15-25-21/h8-12,15-16H,7,13-14H2,1-6H3,(H,27,29). The highest BCUT2D eigenvalue weighted by Gasteiger charge is 2.27. The van der Waals surface area contributed by atoms with Gasteiger partial charge in [-0.1, -0.05) is 38.1 Å². The molecule has 0 atom stereocenters. The van der Waals surface area contributed by atoms with Crippen molar-refractivity contribution in [2.24, 2.45) is 0 Å². The monoisotopic (exact) mass is 424 g/mol. The molecule has 0 fully saturated rings. The predicted octanol–water partition coefficient (Wildman–Crippen LogP) is 4.20. The van der Waals surface area contributed by atoms with E-state index < -0.39 is 5.54 Å². The molecule has 2 aromatic heterocycles. The van der Waals surface area contributed by atoms with Crippen molar-refractivity contribution >= 4 is 11.6 Å². The maximum Gasteiger partial charge on any atom is 0.274 e. The molecule has 1 N–H and O–H groups in total. The zero-order chi connectivity index (χ0) is 22.6. The van der Waals surface area contributed by atoms with E-state index in [4.69, 9.17) is 9.47 Å². The van der Waals surface area contributed by atoms with Crippen LogP contribution in [0.2, 0.25) is 0 Å². The number of benzene rings is 1. The fourth-order valence-electron chi connectivity index (χ4n) is 3.56. The number of fused-ring (bicyclic) bond motifs is 1. The average molecular weight is 425 g/mol. The number of imidazole rings is 1. The Hall–Kier alpha value is -2.77. The maximum atomic E-state index is 13.2. The van der Waals surface area contributed by atoms with Crippen molar-refractivity contribution in [3.05, 3.63) is 64.9 Å². The van der Waals surface area contributed by atoms with Crippen LogP contribution in [0.1, 0.15) is 73.5 Å². The molecule has 166 valence electrons. The van der Waals surface area contributed by atoms with Gasteiger partial charge in [0.05, 0.1) is 24.4 Å². The summed E-state index contributed by atoms with van der Waals surface area (Å²) in [5.41, 5.74) is 4.12. The Labute approximate surface area is 183 Å². The van der Waals surface area contributed by atoms with E-state index in [9.17, 15) is 4.79 Å². The molecule has 1 aromatic carbocycles. The van der Waals surface area contributed by atoms with Crippen LogP contribution in [0.4, 0.5) is 0 Å². The van der Waals surface area contributed by atoms with Crippen LogP contribution < -0.4 is 5.32 Å². The van der Waals surface area contributed by atoms with Crippen LogP contribution in [0.3, 0.4) is 0 Å². The van der Waals surface area contributed by atoms with Gasteiger partial charge in [0.1, 0.15) is 6.33 Å². The van der Waals surface area contributed by atoms with Gasteiger partial charge in [-0.05, 0) is 43.9 Å². The third-order valence-corrected chi connectivity index (χ3v) is 5.23. The average Bonchev–Trinajstić information content (AvgIpc) is 3.16. The minimum atomic E-state index is -0.597. The van der Waals surface area contributed by atoms with Crippen LogP contribution in [0, 0.1) is 0 Å². The Morgan fingerprint density at radius 1 is 1.23 bits per heavy atom. The topological polar surface area (TPSA) is 77.8 Å². The second kappa shape index (κ2) is 9.58. The molecule has 3 rings (SSSR count). The van der Waals surface area contributed by atoms with Crippen molar-refractivity contribution in [3.63, 3.8) is 0 Å². The van der Waals surface area contributed by atoms with Crippen molar-refractivity contribution in [3.8, 4) is 0 Å². The van der Waals surface area contributed by atoms with Crippen LogP contribution >= 0.6 is 0 Å². The van der Waals surface area contributed by atoms with Crippen molar-refractivity contribution < 1.29 is 14.3 Å². The molecule has 7 nitrogen and oxygen atoms in total. The Morgan fingerprint density at radius 3 is 2.68 bits per heavy atom. The zero-order valence-electron chi connectivity index (χ0n) is 19.2. The van der Waals surface area contributed by atoms with Crippen LogP contribution in [0.5, 0.6) is 0 Å². The molecule has 0 spiro atoms. The molecule has 31 heavy (non-hydrogen) atoms. The zero-order valence-corrected chi connectivity index (χ0v) is 19.2. The van der Waals surface area contributed by atoms with Gasteiger partial charge in [-0.25, -0.2) is 9.97 Å². The third kappa shape index (κ3) is 5.11. The molecule has 0 bridgehead atoms. The first-order valence-corrected chi connectivity index (χ1v) is 10.6. The van der Waals surface area contributed by atoms with Gasteiger partial charge in [-0.15, -0.1) is 0 Å². The maximum absolute atomic E-state index is 13.2. The highest BCUT2D eigenvalue weighted by atomic mass is 16.5. The quantitative estimate of drug-likeness (QED) is 0.557. The van der Waals surface area contributed by atoms with Gasteiger partial charge in [0.2, 0.25) is 0 Å². The molecule has 7 heteroatoms. The van der Waals surface area contributed by atoms with Gasteiger partial charge in [0, 0.05) is 19.4 Å². The predicted molar refractivity (Wildman–Crippen MR) is 120 cm³/mol. The smallest absolute Gasteiger partial charge is 0.274 e. The first kappa shape index (κ1) is 22.9. The molecule has 1 amide bonds. The summed E-state index contributed by atoms with van der Waals surface area (Å²) in [5.74, 6) is -0.0183. The number of hydrogen-bond acceptors (Lipinski definition) is 5. The lowest BCUT2D eigenvalue weighted by molar-refractivity contribution is 0.0908. The molecule has 0 radical (unpaired) electrons. The highest BCUT2D eigenvalue weighted by Crippen LogP contribution is 2.24. The van der Waals surface area contributed by atoms with E-state index in [0.29, 0.717) is 31.2 Å². The van der Waals surface area contributed by atoms with Gasteiger partial charge in [0.15, 0.2) is 11.3 Å². The number of aromatic nitrogens is 3. The van der Waals surface area contributed by atoms with Crippen molar-refractivity contribution in [1.82, 2.24) is 19.7 Å². The molecular formula is C24H32N4O3. The largest absolute Gasteiger partial charge is 0.378 e. The summed E-state index contributed by atoms with van der Waals surface area (Å²) in [6.07, 6.45) is 1.67. The second-order valence-corrected chi connectivity index (χ2v) is 8.46. The number of nitrogens with zero attached hydrogens (tertiary/aromatic N) is 3. The molecule has 0 saturated heterocycles. The molecule has 0 aliphatic heterocycles. The SMILES string of the molecule is CCOCc1cccc(C(C)(C)NC(=O)c2ncn3c(C(C)C)cc(COC)nc23)c1. The van der Waals surface area contributed by atoms with Crippen molar-refractivity contribution in [2.45, 2.75) is 59.3 Å². The fraction of sp³-hybridized carbons (Fsp3) is 0.458. The van der Waals surface area contributed by atoms with Crippen molar-refractivity contribution in [1.29, 1.82) is 0 Å². The van der Waals surface area contributed by atoms with Gasteiger partial charge < -0.3 is 14.8 Å². The Kier molecular flexibility index (Phi) is 7.08. The number of methoxy groups -OCH3 is 1. The number of carbonyl (C=O) groups excluding carboxylic acids is 1. The molecule has 0 unspecified atom stereocenters. The fourth-order valence-corrected chi connectivity index (χ4v) is 3.56. The van der Waals surface area contributed by atoms with Gasteiger partial charge in [-0.3, -0.25) is 9.20 Å². The van der Waals surface area contributed by atoms with Crippen LogP contribution in [-0.2, 0) is 28.2 Å². The van der Waals surface area contributed by atoms with E-state index in [1.54, 1.807) is 13.4 Å². The summed E-state index contributed by atoms with van der Waals surface area (Å²) in [6.45, 7) is 11.7. The van der Waals surface area contributed by atoms with E-state index in [-0.39, 0.29) is 11.8 Å². The number of rotatable bonds is 9. The van der Waals surface area contributed by atoms with Crippen LogP contribution in [0.15, 0.2) is 36.7 Å². The Balaban J connectivity index is 1.92. The minimum Gasteiger partial charge on any atom is -0.378 e. The van der Waals surface area contributed by atoms with E-state index in [1.807, 2.05) is 49.4 Å². The lowest BCUT2D eigenvalue weighted by Crippen LogP contribution is -2.41. The lowest BCUT2D eigenvalue weighted by Gasteiger charge is -2.27. The molecule has 0 aliphatic rings. The summed E-state index contributed by atoms with van der Waals surface area (Å²) in [4.78, 5) is 22.3. The van der Waals surface area contributed by atoms with Gasteiger partial charge in [0.25, 0.3) is 5.91 Å². The number of ether oxygens (including phenoxy) is 2. The van der Waals surface area contributed by atoms with Crippen LogP contribution in [0.25, 0.3) is 5.65 Å². The Bertz CT molecular complexity index is 1060. The number of amides is 1. The minimum absolute atomic E-state index is 0.246. The van der Waals surface area contributed by atoms with E-state index >= 15 is 0 Å². The normalized spacial score (nSPS) is 12.0. The van der Waals surface area contributed by atoms with Crippen LogP contribution in [-0.4, -0.2) is 34.0 Å². The highest BCUT2D eigenvalue weighted by molar-refractivity contribution is 5.98. The molecule has 3 aromatic rings. The van der Waals surface area contributed by atoms with E-state index in [1.165, 1.54) is 0 Å². The summed E-state index contributed by atoms with van der Waals surface area (Å²) in [7, 11) is 1.63. The number of carbonyl (C=O) groups is 1. The summed E-state index contributed by atoms with van der Waals surface area (Å²) >= 11 is 0. The summed E-state index contributed by atoms with van der Waals surface area (Å²) in [5, 5.41) is 3.12. The number of hydrogen-bond donors (Lipinski definition) is 1. The lowest BCUT2D eigenvalue weighted by atomic mass is 9.92. The van der Waals surface area contributed by atoms with Gasteiger partial charge >= 0.3 is 0 Å².